The standard InChI is InChI=1S/C31H27Cl2N3O2/c1-18-14-20(17-38-28-9-4-3-6-25(28)33)19(2)23(15-18)29-24(16-34)31(35)36(22-12-10-21(32)11-13-22)26-7-5-8-27(37)30(26)29/h3-4,6,9-15,29H,5,7-8,17,35H2,1-2H3. The highest BCUT2D eigenvalue weighted by atomic mass is 35.5. The van der Waals surface area contributed by atoms with Crippen molar-refractivity contribution in [3.05, 3.63) is 116 Å². The number of carbonyl (C=O) groups is 1. The summed E-state index contributed by atoms with van der Waals surface area (Å²) < 4.78 is 6.06. The molecule has 1 aliphatic carbocycles. The zero-order valence-corrected chi connectivity index (χ0v) is 22.7. The van der Waals surface area contributed by atoms with Gasteiger partial charge in [0, 0.05) is 28.4 Å². The third-order valence-corrected chi connectivity index (χ3v) is 7.79. The molecule has 0 saturated heterocycles. The first kappa shape index (κ1) is 25.9. The van der Waals surface area contributed by atoms with Crippen molar-refractivity contribution in [3.8, 4) is 11.8 Å². The normalized spacial score (nSPS) is 17.4. The van der Waals surface area contributed by atoms with Crippen LogP contribution in [0.5, 0.6) is 5.75 Å². The van der Waals surface area contributed by atoms with Crippen molar-refractivity contribution in [1.82, 2.24) is 0 Å². The quantitative estimate of drug-likeness (QED) is 0.360. The second-order valence-electron chi connectivity index (χ2n) is 9.65. The molecule has 0 bridgehead atoms. The maximum Gasteiger partial charge on any atom is 0.161 e. The van der Waals surface area contributed by atoms with Crippen LogP contribution in [0.15, 0.2) is 83.3 Å². The molecule has 3 aromatic rings. The van der Waals surface area contributed by atoms with E-state index in [1.807, 2.05) is 55.1 Å². The number of rotatable bonds is 5. The number of halogens is 2. The minimum absolute atomic E-state index is 0.0465. The van der Waals surface area contributed by atoms with Crippen molar-refractivity contribution in [2.24, 2.45) is 5.73 Å². The van der Waals surface area contributed by atoms with Gasteiger partial charge in [0.25, 0.3) is 0 Å². The lowest BCUT2D eigenvalue weighted by Gasteiger charge is -2.40. The lowest BCUT2D eigenvalue weighted by molar-refractivity contribution is -0.116. The maximum atomic E-state index is 13.5. The number of allylic oxidation sites excluding steroid dienone is 3. The van der Waals surface area contributed by atoms with E-state index in [1.54, 1.807) is 18.2 Å². The van der Waals surface area contributed by atoms with Crippen molar-refractivity contribution in [3.63, 3.8) is 0 Å². The number of nitrogens with zero attached hydrogens (tertiary/aromatic N) is 2. The molecular weight excluding hydrogens is 517 g/mol. The smallest absolute Gasteiger partial charge is 0.161 e. The van der Waals surface area contributed by atoms with Crippen LogP contribution in [0.25, 0.3) is 0 Å². The predicted molar refractivity (Wildman–Crippen MR) is 151 cm³/mol. The molecule has 0 saturated carbocycles. The van der Waals surface area contributed by atoms with E-state index in [0.717, 1.165) is 40.1 Å². The summed E-state index contributed by atoms with van der Waals surface area (Å²) in [7, 11) is 0. The number of ketones is 1. The Morgan fingerprint density at radius 1 is 1.08 bits per heavy atom. The Kier molecular flexibility index (Phi) is 7.21. The van der Waals surface area contributed by atoms with Crippen molar-refractivity contribution in [2.45, 2.75) is 45.6 Å². The molecule has 1 aliphatic heterocycles. The first-order valence-electron chi connectivity index (χ1n) is 12.5. The van der Waals surface area contributed by atoms with Gasteiger partial charge in [-0.1, -0.05) is 53.0 Å². The SMILES string of the molecule is Cc1cc(COc2ccccc2Cl)c(C)c(C2C(C#N)=C(N)N(c3ccc(Cl)cc3)C3=C2C(=O)CCC3)c1. The molecular formula is C31H27Cl2N3O2. The van der Waals surface area contributed by atoms with Crippen LogP contribution in [0.4, 0.5) is 5.69 Å². The van der Waals surface area contributed by atoms with Gasteiger partial charge in [0.05, 0.1) is 22.6 Å². The number of hydrogen-bond acceptors (Lipinski definition) is 5. The zero-order chi connectivity index (χ0) is 27.0. The number of benzene rings is 3. The topological polar surface area (TPSA) is 79.3 Å². The average Bonchev–Trinajstić information content (AvgIpc) is 2.90. The van der Waals surface area contributed by atoms with E-state index in [1.165, 1.54) is 0 Å². The molecule has 0 aromatic heterocycles. The summed E-state index contributed by atoms with van der Waals surface area (Å²) >= 11 is 12.4. The van der Waals surface area contributed by atoms with Crippen LogP contribution in [-0.2, 0) is 11.4 Å². The van der Waals surface area contributed by atoms with Gasteiger partial charge in [-0.3, -0.25) is 9.69 Å². The Balaban J connectivity index is 1.64. The van der Waals surface area contributed by atoms with Gasteiger partial charge in [0.15, 0.2) is 5.78 Å². The molecule has 0 spiro atoms. The molecule has 192 valence electrons. The second kappa shape index (κ2) is 10.6. The Morgan fingerprint density at radius 2 is 1.82 bits per heavy atom. The molecule has 7 heteroatoms. The molecule has 38 heavy (non-hydrogen) atoms. The van der Waals surface area contributed by atoms with Crippen molar-refractivity contribution < 1.29 is 9.53 Å². The molecule has 1 unspecified atom stereocenters. The molecule has 0 radical (unpaired) electrons. The molecule has 2 aliphatic rings. The number of ether oxygens (including phenoxy) is 1. The van der Waals surface area contributed by atoms with Gasteiger partial charge >= 0.3 is 0 Å². The maximum absolute atomic E-state index is 13.5. The highest BCUT2D eigenvalue weighted by molar-refractivity contribution is 6.32. The van der Waals surface area contributed by atoms with Gasteiger partial charge in [-0.05, 0) is 79.8 Å². The summed E-state index contributed by atoms with van der Waals surface area (Å²) in [6, 6.07) is 21.1. The molecule has 0 fully saturated rings. The van der Waals surface area contributed by atoms with Gasteiger partial charge in [0.1, 0.15) is 18.2 Å². The van der Waals surface area contributed by atoms with Crippen LogP contribution in [0.2, 0.25) is 10.0 Å². The van der Waals surface area contributed by atoms with E-state index >= 15 is 0 Å². The summed E-state index contributed by atoms with van der Waals surface area (Å²) in [6.45, 7) is 4.31. The predicted octanol–water partition coefficient (Wildman–Crippen LogP) is 7.49. The van der Waals surface area contributed by atoms with Crippen LogP contribution in [0, 0.1) is 25.2 Å². The van der Waals surface area contributed by atoms with E-state index in [4.69, 9.17) is 33.7 Å². The number of Topliss-reactive ketones (excluding diaryl/α,β-unsaturated/α-hetero) is 1. The van der Waals surface area contributed by atoms with Crippen LogP contribution < -0.4 is 15.4 Å². The highest BCUT2D eigenvalue weighted by Gasteiger charge is 2.41. The van der Waals surface area contributed by atoms with Crippen molar-refractivity contribution in [1.29, 1.82) is 5.26 Å². The lowest BCUT2D eigenvalue weighted by atomic mass is 9.73. The van der Waals surface area contributed by atoms with E-state index in [0.29, 0.717) is 52.2 Å². The Morgan fingerprint density at radius 3 is 2.53 bits per heavy atom. The molecule has 1 atom stereocenters. The van der Waals surface area contributed by atoms with E-state index in [-0.39, 0.29) is 5.78 Å². The van der Waals surface area contributed by atoms with Gasteiger partial charge < -0.3 is 10.5 Å². The fourth-order valence-electron chi connectivity index (χ4n) is 5.41. The summed E-state index contributed by atoms with van der Waals surface area (Å²) in [5, 5.41) is 11.5. The number of para-hydroxylation sites is 1. The Bertz CT molecular complexity index is 1530. The minimum Gasteiger partial charge on any atom is -0.487 e. The summed E-state index contributed by atoms with van der Waals surface area (Å²) in [4.78, 5) is 15.4. The van der Waals surface area contributed by atoms with Gasteiger partial charge in [0.2, 0.25) is 0 Å². The number of anilines is 1. The number of hydrogen-bond donors (Lipinski definition) is 1. The average molecular weight is 544 g/mol. The van der Waals surface area contributed by atoms with Crippen LogP contribution in [0.3, 0.4) is 0 Å². The van der Waals surface area contributed by atoms with Gasteiger partial charge in [-0.25, -0.2) is 0 Å². The molecule has 1 heterocycles. The monoisotopic (exact) mass is 543 g/mol. The van der Waals surface area contributed by atoms with E-state index in [9.17, 15) is 10.1 Å². The molecule has 3 aromatic carbocycles. The first-order chi connectivity index (χ1) is 18.3. The Labute approximate surface area is 232 Å². The van der Waals surface area contributed by atoms with Crippen LogP contribution >= 0.6 is 23.2 Å². The number of nitriles is 1. The highest BCUT2D eigenvalue weighted by Crippen LogP contribution is 2.47. The summed E-state index contributed by atoms with van der Waals surface area (Å²) in [5.41, 5.74) is 13.2. The fraction of sp³-hybridized carbons (Fsp3) is 0.226. The molecule has 0 amide bonds. The third-order valence-electron chi connectivity index (χ3n) is 7.23. The van der Waals surface area contributed by atoms with Gasteiger partial charge in [-0.2, -0.15) is 5.26 Å². The lowest BCUT2D eigenvalue weighted by Crippen LogP contribution is -2.39. The number of carbonyl (C=O) groups excluding carboxylic acids is 1. The third kappa shape index (κ3) is 4.67. The van der Waals surface area contributed by atoms with E-state index in [2.05, 4.69) is 12.1 Å². The largest absolute Gasteiger partial charge is 0.487 e. The number of aryl methyl sites for hydroxylation is 1. The van der Waals surface area contributed by atoms with Gasteiger partial charge in [-0.15, -0.1) is 0 Å². The second-order valence-corrected chi connectivity index (χ2v) is 10.5. The Hall–Kier alpha value is -3.72. The van der Waals surface area contributed by atoms with Crippen LogP contribution in [-0.4, -0.2) is 5.78 Å². The first-order valence-corrected chi connectivity index (χ1v) is 13.2. The molecule has 5 rings (SSSR count). The van der Waals surface area contributed by atoms with E-state index < -0.39 is 5.92 Å². The molecule has 2 N–H and O–H groups in total. The van der Waals surface area contributed by atoms with Crippen molar-refractivity contribution in [2.75, 3.05) is 4.90 Å². The fourth-order valence-corrected chi connectivity index (χ4v) is 5.73. The molecule has 5 nitrogen and oxygen atoms in total. The van der Waals surface area contributed by atoms with Crippen molar-refractivity contribution >= 4 is 34.7 Å². The zero-order valence-electron chi connectivity index (χ0n) is 21.2. The van der Waals surface area contributed by atoms with Crippen LogP contribution in [0.1, 0.15) is 47.4 Å². The summed E-state index contributed by atoms with van der Waals surface area (Å²) in [6.07, 6.45) is 1.86. The summed E-state index contributed by atoms with van der Waals surface area (Å²) in [5.74, 6) is 0.431. The number of nitrogens with two attached hydrogens (primary N) is 1. The minimum atomic E-state index is -0.551.